The highest BCUT2D eigenvalue weighted by molar-refractivity contribution is 5.75. The van der Waals surface area contributed by atoms with Gasteiger partial charge in [0.1, 0.15) is 0 Å². The molecular weight excluding hydrogens is 164 g/mol. The third-order valence-corrected chi connectivity index (χ3v) is 1.71. The zero-order valence-corrected chi connectivity index (χ0v) is 8.88. The van der Waals surface area contributed by atoms with Gasteiger partial charge in [-0.3, -0.25) is 4.99 Å². The topological polar surface area (TPSA) is 76.4 Å². The molecule has 78 valence electrons. The summed E-state index contributed by atoms with van der Waals surface area (Å²) in [5.41, 5.74) is 10.4. The van der Waals surface area contributed by atoms with E-state index in [9.17, 15) is 0 Å². The van der Waals surface area contributed by atoms with Gasteiger partial charge in [0.05, 0.1) is 0 Å². The molecule has 0 aliphatic carbocycles. The zero-order valence-electron chi connectivity index (χ0n) is 8.88. The van der Waals surface area contributed by atoms with E-state index >= 15 is 0 Å². The van der Waals surface area contributed by atoms with E-state index < -0.39 is 0 Å². The highest BCUT2D eigenvalue weighted by Crippen LogP contribution is 1.97. The minimum Gasteiger partial charge on any atom is -0.370 e. The molecule has 1 atom stereocenters. The van der Waals surface area contributed by atoms with Gasteiger partial charge in [0.2, 0.25) is 0 Å². The molecule has 0 spiro atoms. The number of hydrogen-bond donors (Lipinski definition) is 3. The molecule has 0 saturated carbocycles. The molecular formula is C9H22N4. The van der Waals surface area contributed by atoms with Crippen molar-refractivity contribution in [2.45, 2.75) is 45.7 Å². The van der Waals surface area contributed by atoms with Gasteiger partial charge in [-0.05, 0) is 19.8 Å². The van der Waals surface area contributed by atoms with E-state index in [4.69, 9.17) is 11.5 Å². The first-order chi connectivity index (χ1) is 6.02. The number of nitrogens with one attached hydrogen (secondary N) is 1. The average molecular weight is 186 g/mol. The summed E-state index contributed by atoms with van der Waals surface area (Å²) < 4.78 is 0. The summed E-state index contributed by atoms with van der Waals surface area (Å²) >= 11 is 0. The molecule has 4 nitrogen and oxygen atoms in total. The molecule has 0 bridgehead atoms. The fourth-order valence-electron chi connectivity index (χ4n) is 1.26. The number of nitrogens with zero attached hydrogens (tertiary/aromatic N) is 1. The van der Waals surface area contributed by atoms with Crippen LogP contribution in [0.5, 0.6) is 0 Å². The zero-order chi connectivity index (χ0) is 10.3. The van der Waals surface area contributed by atoms with Crippen LogP contribution in [0.25, 0.3) is 0 Å². The lowest BCUT2D eigenvalue weighted by Gasteiger charge is -2.15. The second-order valence-corrected chi connectivity index (χ2v) is 3.67. The number of aliphatic imine (C=N–C) groups is 1. The van der Waals surface area contributed by atoms with Gasteiger partial charge < -0.3 is 16.8 Å². The number of hydrogen-bond acceptors (Lipinski definition) is 2. The van der Waals surface area contributed by atoms with Gasteiger partial charge in [0, 0.05) is 18.6 Å². The van der Waals surface area contributed by atoms with Crippen LogP contribution in [0.1, 0.15) is 33.6 Å². The van der Waals surface area contributed by atoms with Crippen LogP contribution in [0, 0.1) is 0 Å². The van der Waals surface area contributed by atoms with Crippen LogP contribution in [0.15, 0.2) is 4.99 Å². The molecule has 0 heterocycles. The Labute approximate surface area is 80.8 Å². The SMILES string of the molecule is CC(C)NC(C)CCCN=C(N)N. The molecule has 0 aromatic carbocycles. The number of guanidine groups is 1. The highest BCUT2D eigenvalue weighted by Gasteiger charge is 2.01. The van der Waals surface area contributed by atoms with Crippen molar-refractivity contribution in [2.24, 2.45) is 16.5 Å². The van der Waals surface area contributed by atoms with Crippen LogP contribution in [-0.2, 0) is 0 Å². The molecule has 0 aliphatic heterocycles. The maximum Gasteiger partial charge on any atom is 0.185 e. The summed E-state index contributed by atoms with van der Waals surface area (Å²) in [5, 5.41) is 3.42. The molecule has 0 aromatic heterocycles. The molecule has 0 radical (unpaired) electrons. The largest absolute Gasteiger partial charge is 0.370 e. The molecule has 0 fully saturated rings. The van der Waals surface area contributed by atoms with Gasteiger partial charge in [-0.2, -0.15) is 0 Å². The molecule has 5 N–H and O–H groups in total. The second-order valence-electron chi connectivity index (χ2n) is 3.67. The lowest BCUT2D eigenvalue weighted by atomic mass is 10.1. The van der Waals surface area contributed by atoms with Crippen LogP contribution in [0.2, 0.25) is 0 Å². The van der Waals surface area contributed by atoms with E-state index in [1.807, 2.05) is 0 Å². The van der Waals surface area contributed by atoms with Crippen LogP contribution in [0.3, 0.4) is 0 Å². The number of nitrogens with two attached hydrogens (primary N) is 2. The third-order valence-electron chi connectivity index (χ3n) is 1.71. The van der Waals surface area contributed by atoms with E-state index in [1.165, 1.54) is 0 Å². The van der Waals surface area contributed by atoms with Crippen molar-refractivity contribution in [3.63, 3.8) is 0 Å². The predicted octanol–water partition coefficient (Wildman–Crippen LogP) is 0.427. The van der Waals surface area contributed by atoms with Crippen LogP contribution >= 0.6 is 0 Å². The summed E-state index contributed by atoms with van der Waals surface area (Å²) in [4.78, 5) is 3.92. The average Bonchev–Trinajstić information content (AvgIpc) is 1.96. The Balaban J connectivity index is 3.37. The van der Waals surface area contributed by atoms with Gasteiger partial charge in [0.25, 0.3) is 0 Å². The summed E-state index contributed by atoms with van der Waals surface area (Å²) in [7, 11) is 0. The first kappa shape index (κ1) is 12.2. The molecule has 4 heteroatoms. The molecule has 0 aromatic rings. The Bertz CT molecular complexity index is 150. The van der Waals surface area contributed by atoms with Gasteiger partial charge in [-0.25, -0.2) is 0 Å². The summed E-state index contributed by atoms with van der Waals surface area (Å²) in [5.74, 6) is 0.185. The predicted molar refractivity (Wildman–Crippen MR) is 57.6 cm³/mol. The summed E-state index contributed by atoms with van der Waals surface area (Å²) in [6.45, 7) is 7.20. The van der Waals surface area contributed by atoms with Crippen molar-refractivity contribution in [2.75, 3.05) is 6.54 Å². The van der Waals surface area contributed by atoms with Crippen molar-refractivity contribution in [3.8, 4) is 0 Å². The van der Waals surface area contributed by atoms with Gasteiger partial charge in [-0.1, -0.05) is 13.8 Å². The van der Waals surface area contributed by atoms with Crippen molar-refractivity contribution in [1.29, 1.82) is 0 Å². The van der Waals surface area contributed by atoms with E-state index in [-0.39, 0.29) is 5.96 Å². The Morgan fingerprint density at radius 2 is 1.92 bits per heavy atom. The monoisotopic (exact) mass is 186 g/mol. The lowest BCUT2D eigenvalue weighted by Crippen LogP contribution is -2.32. The van der Waals surface area contributed by atoms with Gasteiger partial charge in [-0.15, -0.1) is 0 Å². The van der Waals surface area contributed by atoms with E-state index in [0.717, 1.165) is 19.4 Å². The Kier molecular flexibility index (Phi) is 6.32. The van der Waals surface area contributed by atoms with E-state index in [2.05, 4.69) is 31.1 Å². The quantitative estimate of drug-likeness (QED) is 0.320. The Hall–Kier alpha value is -0.770. The first-order valence-electron chi connectivity index (χ1n) is 4.83. The molecule has 0 saturated heterocycles. The molecule has 1 unspecified atom stereocenters. The molecule has 0 rings (SSSR count). The van der Waals surface area contributed by atoms with Crippen molar-refractivity contribution in [1.82, 2.24) is 5.32 Å². The second kappa shape index (κ2) is 6.71. The smallest absolute Gasteiger partial charge is 0.185 e. The van der Waals surface area contributed by atoms with Crippen LogP contribution < -0.4 is 16.8 Å². The standard InChI is InChI=1S/C9H22N4/c1-7(2)13-8(3)5-4-6-12-9(10)11/h7-8,13H,4-6H2,1-3H3,(H4,10,11,12). The maximum absolute atomic E-state index is 5.20. The molecule has 0 aliphatic rings. The third kappa shape index (κ3) is 9.14. The van der Waals surface area contributed by atoms with Crippen molar-refractivity contribution in [3.05, 3.63) is 0 Å². The van der Waals surface area contributed by atoms with E-state index in [1.54, 1.807) is 0 Å². The van der Waals surface area contributed by atoms with Crippen LogP contribution in [-0.4, -0.2) is 24.6 Å². The Morgan fingerprint density at radius 3 is 2.38 bits per heavy atom. The van der Waals surface area contributed by atoms with Gasteiger partial charge in [0.15, 0.2) is 5.96 Å². The van der Waals surface area contributed by atoms with Gasteiger partial charge >= 0.3 is 0 Å². The van der Waals surface area contributed by atoms with Crippen LogP contribution in [0.4, 0.5) is 0 Å². The van der Waals surface area contributed by atoms with E-state index in [0.29, 0.717) is 12.1 Å². The van der Waals surface area contributed by atoms with Crippen molar-refractivity contribution >= 4 is 5.96 Å². The lowest BCUT2D eigenvalue weighted by molar-refractivity contribution is 0.457. The summed E-state index contributed by atoms with van der Waals surface area (Å²) in [6, 6.07) is 1.08. The highest BCUT2D eigenvalue weighted by atomic mass is 15.0. The fourth-order valence-corrected chi connectivity index (χ4v) is 1.26. The first-order valence-corrected chi connectivity index (χ1v) is 4.83. The minimum atomic E-state index is 0.185. The minimum absolute atomic E-state index is 0.185. The Morgan fingerprint density at radius 1 is 1.31 bits per heavy atom. The number of rotatable bonds is 6. The maximum atomic E-state index is 5.20. The molecule has 13 heavy (non-hydrogen) atoms. The summed E-state index contributed by atoms with van der Waals surface area (Å²) in [6.07, 6.45) is 2.13. The normalized spacial score (nSPS) is 12.9. The molecule has 0 amide bonds. The fraction of sp³-hybridized carbons (Fsp3) is 0.889. The van der Waals surface area contributed by atoms with Crippen molar-refractivity contribution < 1.29 is 0 Å².